The number of sulfone groups is 1. The fraction of sp³-hybridized carbons (Fsp3) is 0.356. The minimum Gasteiger partial charge on any atom is -0.508 e. The second kappa shape index (κ2) is 26.8. The monoisotopic (exact) mass is 1240 g/mol. The molecule has 86 heavy (non-hydrogen) atoms. The summed E-state index contributed by atoms with van der Waals surface area (Å²) < 4.78 is 87.7. The Kier molecular flexibility index (Phi) is 19.5. The Bertz CT molecular complexity index is 3980. The lowest BCUT2D eigenvalue weighted by atomic mass is 10.0. The summed E-state index contributed by atoms with van der Waals surface area (Å²) in [4.78, 5) is 54.7. The molecule has 5 N–H and O–H groups in total. The van der Waals surface area contributed by atoms with Gasteiger partial charge < -0.3 is 34.8 Å². The second-order valence-corrected chi connectivity index (χ2v) is 27.5. The first kappa shape index (κ1) is 62.6. The highest BCUT2D eigenvalue weighted by molar-refractivity contribution is 7.91. The van der Waals surface area contributed by atoms with Gasteiger partial charge in [-0.2, -0.15) is 13.7 Å². The minimum atomic E-state index is -3.16. The van der Waals surface area contributed by atoms with E-state index in [0.717, 1.165) is 41.4 Å². The van der Waals surface area contributed by atoms with Crippen LogP contribution >= 0.6 is 0 Å². The third kappa shape index (κ3) is 15.0. The number of rotatable bonds is 9. The van der Waals surface area contributed by atoms with Crippen molar-refractivity contribution in [2.75, 3.05) is 97.4 Å². The lowest BCUT2D eigenvalue weighted by Gasteiger charge is -2.33. The van der Waals surface area contributed by atoms with Crippen LogP contribution in [-0.4, -0.2) is 201 Å². The first-order valence-electron chi connectivity index (χ1n) is 27.5. The number of H-pyrrole nitrogens is 1. The van der Waals surface area contributed by atoms with Crippen molar-refractivity contribution in [3.8, 4) is 34.5 Å². The van der Waals surface area contributed by atoms with Crippen molar-refractivity contribution in [2.45, 2.75) is 37.7 Å². The molecule has 8 heterocycles. The SMILES string of the molecule is CS(=O)(=O)C1CCN(Cc2c(O)ccc3c2O/C(=C\C2=NCc4ccccc42)C3=O)CC1.CS(=O)(=O)N1CCN(Cc2c(O)ccc3c2OCC3=O)CC1.CS(=O)(=O)N1CCNCC1.O=C1COc2cc(O)ccc21.O=Cc1[nH]nc2ccccc12. The number of phenolic OH excluding ortho intramolecular Hbond substituents is 3. The molecule has 7 aliphatic heterocycles. The van der Waals surface area contributed by atoms with Gasteiger partial charge in [-0.3, -0.25) is 39.1 Å². The molecule has 0 spiro atoms. The van der Waals surface area contributed by atoms with E-state index in [1.807, 2.05) is 53.4 Å². The molecule has 3 saturated heterocycles. The molecule has 13 rings (SSSR count). The second-order valence-electron chi connectivity index (χ2n) is 21.2. The molecule has 0 atom stereocenters. The predicted octanol–water partition coefficient (Wildman–Crippen LogP) is 4.10. The highest BCUT2D eigenvalue weighted by atomic mass is 32.2. The Hall–Kier alpha value is -7.89. The van der Waals surface area contributed by atoms with Gasteiger partial charge in [0.05, 0.1) is 63.4 Å². The number of fused-ring (bicyclic) bond motifs is 5. The number of sulfonamides is 2. The van der Waals surface area contributed by atoms with E-state index in [1.165, 1.54) is 51.6 Å². The maximum Gasteiger partial charge on any atom is 0.232 e. The molecule has 5 aromatic carbocycles. The molecule has 456 valence electrons. The van der Waals surface area contributed by atoms with Crippen molar-refractivity contribution in [3.63, 3.8) is 0 Å². The number of piperidine rings is 1. The number of aldehydes is 1. The fourth-order valence-electron chi connectivity index (χ4n) is 10.5. The Morgan fingerprint density at radius 3 is 1.87 bits per heavy atom. The van der Waals surface area contributed by atoms with E-state index < -0.39 is 29.9 Å². The van der Waals surface area contributed by atoms with Crippen molar-refractivity contribution in [2.24, 2.45) is 4.99 Å². The van der Waals surface area contributed by atoms with Gasteiger partial charge in [-0.05, 0) is 74.0 Å². The van der Waals surface area contributed by atoms with Gasteiger partial charge >= 0.3 is 0 Å². The first-order chi connectivity index (χ1) is 41.0. The Morgan fingerprint density at radius 1 is 0.640 bits per heavy atom. The van der Waals surface area contributed by atoms with E-state index >= 15 is 0 Å². The number of benzene rings is 5. The molecule has 7 aliphatic rings. The lowest BCUT2D eigenvalue weighted by Crippen LogP contribution is -2.47. The Morgan fingerprint density at radius 2 is 1.22 bits per heavy atom. The number of nitrogens with zero attached hydrogens (tertiary/aromatic N) is 6. The average molecular weight is 1240 g/mol. The molecule has 0 bridgehead atoms. The molecule has 24 nitrogen and oxygen atoms in total. The van der Waals surface area contributed by atoms with Crippen molar-refractivity contribution < 1.29 is 74.0 Å². The number of aliphatic imine (C=N–C) groups is 1. The van der Waals surface area contributed by atoms with Gasteiger partial charge in [0.1, 0.15) is 50.0 Å². The van der Waals surface area contributed by atoms with Crippen molar-refractivity contribution in [1.82, 2.24) is 33.9 Å². The van der Waals surface area contributed by atoms with Gasteiger partial charge in [0.2, 0.25) is 37.4 Å². The number of ketones is 3. The Labute approximate surface area is 497 Å². The standard InChI is InChI=1S/C24H24N2O5S.C14H18N2O5S.C8H6N2O.C8H6O3.C5H12N2O2S/c1-32(29,30)16-8-10-26(11-9-16)14-19-21(27)7-6-18-23(28)22(31-24(18)19)12-20-17-5-3-2-4-15(17)13-25-20;1-22(19,20)16-6-4-15(5-7-16)8-11-12(17)3-2-10-13(18)9-21-14(10)11;11-5-8-6-3-1-2-4-7(6)9-10-8;9-5-1-2-6-7(10)4-11-8(6)3-5;1-10(8,9)7-4-2-6-3-5-7/h2-7,12,16,27H,8-11,13-14H2,1H3;2-3,17H,4-9H2,1H3;1-5H,(H,9,10);1-3,9H,4H2;6H,2-5H2,1H3/b22-12-;;;;. The predicted molar refractivity (Wildman–Crippen MR) is 319 cm³/mol. The smallest absolute Gasteiger partial charge is 0.232 e. The molecule has 3 fully saturated rings. The van der Waals surface area contributed by atoms with Gasteiger partial charge in [0.15, 0.2) is 25.3 Å². The number of likely N-dealkylation sites (tertiary alicyclic amines) is 1. The van der Waals surface area contributed by atoms with E-state index in [1.54, 1.807) is 24.3 Å². The minimum absolute atomic E-state index is 0.00758. The quantitative estimate of drug-likeness (QED) is 0.100. The summed E-state index contributed by atoms with van der Waals surface area (Å²) in [5.41, 5.74) is 6.80. The molecular weight excluding hydrogens is 1170 g/mol. The van der Waals surface area contributed by atoms with Crippen LogP contribution in [0.3, 0.4) is 0 Å². The van der Waals surface area contributed by atoms with Gasteiger partial charge in [-0.25, -0.2) is 25.3 Å². The number of aromatic amines is 1. The lowest BCUT2D eigenvalue weighted by molar-refractivity contribution is 0.0954. The van der Waals surface area contributed by atoms with Crippen LogP contribution in [0.1, 0.15) is 76.7 Å². The number of hydrogen-bond donors (Lipinski definition) is 5. The van der Waals surface area contributed by atoms with E-state index in [4.69, 9.17) is 19.3 Å². The van der Waals surface area contributed by atoms with Crippen LogP contribution in [0.15, 0.2) is 108 Å². The van der Waals surface area contributed by atoms with Gasteiger partial charge in [-0.1, -0.05) is 42.5 Å². The molecule has 0 radical (unpaired) electrons. The summed E-state index contributed by atoms with van der Waals surface area (Å²) in [5, 5.41) is 39.8. The van der Waals surface area contributed by atoms with E-state index in [2.05, 4.69) is 25.4 Å². The number of para-hydroxylation sites is 1. The summed E-state index contributed by atoms with van der Waals surface area (Å²) >= 11 is 0. The number of Topliss-reactive ketones (excluding diaryl/α,β-unsaturated/α-hetero) is 3. The maximum absolute atomic E-state index is 13.0. The highest BCUT2D eigenvalue weighted by Crippen LogP contribution is 2.41. The van der Waals surface area contributed by atoms with Crippen molar-refractivity contribution in [3.05, 3.63) is 147 Å². The number of carbonyl (C=O) groups excluding carboxylic acids is 4. The molecule has 0 saturated carbocycles. The van der Waals surface area contributed by atoms with Crippen LogP contribution in [0.2, 0.25) is 0 Å². The summed E-state index contributed by atoms with van der Waals surface area (Å²) in [6, 6.07) is 26.1. The van der Waals surface area contributed by atoms with E-state index in [0.29, 0.717) is 141 Å². The number of carbonyl (C=O) groups is 4. The van der Waals surface area contributed by atoms with Gasteiger partial charge in [-0.15, -0.1) is 0 Å². The number of ether oxygens (including phenoxy) is 3. The summed E-state index contributed by atoms with van der Waals surface area (Å²) in [6.07, 6.45) is 7.29. The molecule has 0 unspecified atom stereocenters. The number of phenols is 3. The topological polar surface area (TPSA) is 325 Å². The fourth-order valence-corrected chi connectivity index (χ4v) is 13.3. The van der Waals surface area contributed by atoms with Crippen LogP contribution in [-0.2, 0) is 49.5 Å². The van der Waals surface area contributed by atoms with Crippen LogP contribution in [0.4, 0.5) is 0 Å². The van der Waals surface area contributed by atoms with Crippen molar-refractivity contribution in [1.29, 1.82) is 0 Å². The summed E-state index contributed by atoms with van der Waals surface area (Å²) in [7, 11) is -9.14. The first-order valence-corrected chi connectivity index (χ1v) is 33.2. The van der Waals surface area contributed by atoms with Crippen LogP contribution in [0, 0.1) is 0 Å². The highest BCUT2D eigenvalue weighted by Gasteiger charge is 2.35. The van der Waals surface area contributed by atoms with Gasteiger partial charge in [0.25, 0.3) is 0 Å². The summed E-state index contributed by atoms with van der Waals surface area (Å²) in [6.45, 7) is 7.46. The van der Waals surface area contributed by atoms with Gasteiger partial charge in [0, 0.05) is 94.8 Å². The molecule has 0 aliphatic carbocycles. The number of piperazine rings is 2. The Balaban J connectivity index is 0.000000140. The molecule has 27 heteroatoms. The molecule has 1 aromatic heterocycles. The zero-order valence-electron chi connectivity index (χ0n) is 47.5. The number of hydrogen-bond acceptors (Lipinski definition) is 21. The molecular formula is C59H66N8O16S3. The normalized spacial score (nSPS) is 18.4. The van der Waals surface area contributed by atoms with E-state index in [-0.39, 0.29) is 58.8 Å². The number of aromatic nitrogens is 2. The van der Waals surface area contributed by atoms with Crippen LogP contribution in [0.5, 0.6) is 34.5 Å². The summed E-state index contributed by atoms with van der Waals surface area (Å²) in [5.74, 6) is 1.44. The van der Waals surface area contributed by atoms with Crippen LogP contribution in [0.25, 0.3) is 10.9 Å². The number of aromatic hydroxyl groups is 3. The maximum atomic E-state index is 13.0. The zero-order valence-corrected chi connectivity index (χ0v) is 49.9. The largest absolute Gasteiger partial charge is 0.508 e. The third-order valence-electron chi connectivity index (χ3n) is 15.3. The van der Waals surface area contributed by atoms with Crippen LogP contribution < -0.4 is 19.5 Å². The number of allylic oxidation sites excluding steroid dienone is 2. The van der Waals surface area contributed by atoms with E-state index in [9.17, 15) is 54.6 Å². The third-order valence-corrected chi connectivity index (χ3v) is 19.6. The molecule has 0 amide bonds. The molecule has 6 aromatic rings. The van der Waals surface area contributed by atoms with Crippen molar-refractivity contribution >= 4 is 70.1 Å². The number of nitrogens with one attached hydrogen (secondary N) is 2. The average Bonchev–Trinajstić information content (AvgIpc) is 2.14. The zero-order chi connectivity index (χ0) is 61.5.